The zero-order chi connectivity index (χ0) is 19.1. The largest absolute Gasteiger partial charge is 0.484 e. The molecule has 3 rings (SSSR count). The van der Waals surface area contributed by atoms with Gasteiger partial charge in [0, 0.05) is 16.5 Å². The summed E-state index contributed by atoms with van der Waals surface area (Å²) >= 11 is 3.39. The highest BCUT2D eigenvalue weighted by Crippen LogP contribution is 2.22. The summed E-state index contributed by atoms with van der Waals surface area (Å²) in [7, 11) is 0. The van der Waals surface area contributed by atoms with E-state index >= 15 is 0 Å². The third-order valence-corrected chi connectivity index (χ3v) is 4.53. The molecular formula is C20H20BrN3O3. The van der Waals surface area contributed by atoms with Crippen molar-refractivity contribution in [3.8, 4) is 17.1 Å². The number of carbonyl (C=O) groups excluding carboxylic acids is 1. The normalized spacial score (nSPS) is 10.6. The van der Waals surface area contributed by atoms with Crippen LogP contribution in [0.1, 0.15) is 25.7 Å². The lowest BCUT2D eigenvalue weighted by Crippen LogP contribution is -2.20. The molecule has 0 aliphatic carbocycles. The maximum atomic E-state index is 12.0. The summed E-state index contributed by atoms with van der Waals surface area (Å²) in [6, 6.07) is 14.7. The minimum absolute atomic E-state index is 0.0793. The first-order valence-corrected chi connectivity index (χ1v) is 9.55. The number of nitrogens with zero attached hydrogens (tertiary/aromatic N) is 2. The van der Waals surface area contributed by atoms with Crippen LogP contribution in [0.4, 0.5) is 5.69 Å². The molecule has 0 bridgehead atoms. The molecule has 1 N–H and O–H groups in total. The molecule has 27 heavy (non-hydrogen) atoms. The summed E-state index contributed by atoms with van der Waals surface area (Å²) < 4.78 is 11.6. The predicted molar refractivity (Wildman–Crippen MR) is 107 cm³/mol. The Balaban J connectivity index is 1.54. The lowest BCUT2D eigenvalue weighted by Gasteiger charge is -2.09. The first kappa shape index (κ1) is 19.1. The number of hydrogen-bond acceptors (Lipinski definition) is 5. The van der Waals surface area contributed by atoms with Crippen molar-refractivity contribution >= 4 is 27.5 Å². The number of nitrogens with one attached hydrogen (secondary N) is 1. The zero-order valence-electron chi connectivity index (χ0n) is 14.9. The fraction of sp³-hybridized carbons (Fsp3) is 0.250. The lowest BCUT2D eigenvalue weighted by atomic mass is 10.2. The van der Waals surface area contributed by atoms with Gasteiger partial charge in [-0.15, -0.1) is 0 Å². The zero-order valence-corrected chi connectivity index (χ0v) is 16.5. The number of unbranched alkanes of at least 4 members (excludes halogenated alkanes) is 1. The number of ether oxygens (including phenoxy) is 1. The van der Waals surface area contributed by atoms with Crippen LogP contribution in [0.5, 0.6) is 5.75 Å². The topological polar surface area (TPSA) is 77.2 Å². The molecule has 0 spiro atoms. The van der Waals surface area contributed by atoms with E-state index in [9.17, 15) is 4.79 Å². The summed E-state index contributed by atoms with van der Waals surface area (Å²) in [6.45, 7) is 2.04. The molecule has 0 atom stereocenters. The molecule has 1 heterocycles. The summed E-state index contributed by atoms with van der Waals surface area (Å²) in [6.07, 6.45) is 2.89. The van der Waals surface area contributed by atoms with Gasteiger partial charge in [0.1, 0.15) is 5.75 Å². The Morgan fingerprint density at radius 3 is 2.70 bits per heavy atom. The minimum atomic E-state index is -0.232. The van der Waals surface area contributed by atoms with Crippen molar-refractivity contribution in [2.75, 3.05) is 11.9 Å². The van der Waals surface area contributed by atoms with E-state index in [1.165, 1.54) is 0 Å². The molecular weight excluding hydrogens is 410 g/mol. The number of aryl methyl sites for hydroxylation is 1. The molecule has 0 radical (unpaired) electrons. The number of halogens is 1. The number of hydrogen-bond donors (Lipinski definition) is 1. The van der Waals surface area contributed by atoms with Crippen molar-refractivity contribution in [1.29, 1.82) is 0 Å². The van der Waals surface area contributed by atoms with Crippen LogP contribution >= 0.6 is 15.9 Å². The molecule has 1 amide bonds. The average Bonchev–Trinajstić information content (AvgIpc) is 3.16. The summed E-state index contributed by atoms with van der Waals surface area (Å²) in [5.74, 6) is 1.57. The van der Waals surface area contributed by atoms with Gasteiger partial charge in [-0.05, 0) is 58.7 Å². The van der Waals surface area contributed by atoms with Gasteiger partial charge in [0.15, 0.2) is 6.61 Å². The van der Waals surface area contributed by atoms with Crippen LogP contribution in [-0.4, -0.2) is 22.7 Å². The third-order valence-electron chi connectivity index (χ3n) is 3.84. The summed E-state index contributed by atoms with van der Waals surface area (Å²) in [4.78, 5) is 16.4. The summed E-state index contributed by atoms with van der Waals surface area (Å²) in [5.41, 5.74) is 1.55. The second kappa shape index (κ2) is 9.32. The number of para-hydroxylation sites is 1. The van der Waals surface area contributed by atoms with E-state index in [1.54, 1.807) is 12.1 Å². The number of anilines is 1. The second-order valence-corrected chi connectivity index (χ2v) is 6.81. The first-order chi connectivity index (χ1) is 13.2. The van der Waals surface area contributed by atoms with Gasteiger partial charge >= 0.3 is 0 Å². The molecule has 0 aliphatic heterocycles. The van der Waals surface area contributed by atoms with Gasteiger partial charge in [-0.2, -0.15) is 4.98 Å². The molecule has 6 nitrogen and oxygen atoms in total. The Kier molecular flexibility index (Phi) is 6.59. The molecule has 0 aliphatic rings. The molecule has 2 aromatic carbocycles. The van der Waals surface area contributed by atoms with Crippen LogP contribution in [-0.2, 0) is 11.2 Å². The van der Waals surface area contributed by atoms with Gasteiger partial charge in [0.2, 0.25) is 11.7 Å². The van der Waals surface area contributed by atoms with Gasteiger partial charge in [-0.3, -0.25) is 4.79 Å². The van der Waals surface area contributed by atoms with Crippen LogP contribution in [0.25, 0.3) is 11.4 Å². The fourth-order valence-electron chi connectivity index (χ4n) is 2.40. The Bertz CT molecular complexity index is 893. The molecule has 140 valence electrons. The number of amides is 1. The van der Waals surface area contributed by atoms with E-state index in [0.29, 0.717) is 23.2 Å². The minimum Gasteiger partial charge on any atom is -0.484 e. The maximum absolute atomic E-state index is 12.0. The third kappa shape index (κ3) is 5.40. The molecule has 0 saturated carbocycles. The van der Waals surface area contributed by atoms with E-state index in [1.807, 2.05) is 36.4 Å². The van der Waals surface area contributed by atoms with E-state index in [4.69, 9.17) is 9.26 Å². The molecule has 3 aromatic rings. The molecule has 0 fully saturated rings. The first-order valence-electron chi connectivity index (χ1n) is 8.76. The lowest BCUT2D eigenvalue weighted by molar-refractivity contribution is -0.118. The number of rotatable bonds is 8. The Morgan fingerprint density at radius 1 is 1.19 bits per heavy atom. The highest BCUT2D eigenvalue weighted by molar-refractivity contribution is 9.10. The summed E-state index contributed by atoms with van der Waals surface area (Å²) in [5, 5.41) is 6.80. The number of aromatic nitrogens is 2. The smallest absolute Gasteiger partial charge is 0.262 e. The fourth-order valence-corrected chi connectivity index (χ4v) is 2.78. The highest BCUT2D eigenvalue weighted by Gasteiger charge is 2.09. The standard InChI is InChI=1S/C20H20BrN3O3/c1-2-3-8-19-23-20(24-27-19)14-9-11-15(12-10-14)26-13-18(25)22-17-7-5-4-6-16(17)21/h4-7,9-12H,2-3,8,13H2,1H3,(H,22,25). The molecule has 1 aromatic heterocycles. The number of benzene rings is 2. The quantitative estimate of drug-likeness (QED) is 0.553. The van der Waals surface area contributed by atoms with E-state index in [0.717, 1.165) is 29.3 Å². The molecule has 0 saturated heterocycles. The van der Waals surface area contributed by atoms with E-state index in [-0.39, 0.29) is 12.5 Å². The van der Waals surface area contributed by atoms with Gasteiger partial charge in [-0.1, -0.05) is 30.6 Å². The van der Waals surface area contributed by atoms with Crippen LogP contribution in [0.2, 0.25) is 0 Å². The van der Waals surface area contributed by atoms with E-state index < -0.39 is 0 Å². The van der Waals surface area contributed by atoms with Gasteiger partial charge in [0.25, 0.3) is 5.91 Å². The molecule has 7 heteroatoms. The van der Waals surface area contributed by atoms with Crippen LogP contribution in [0, 0.1) is 0 Å². The second-order valence-electron chi connectivity index (χ2n) is 5.96. The van der Waals surface area contributed by atoms with Gasteiger partial charge in [0.05, 0.1) is 5.69 Å². The maximum Gasteiger partial charge on any atom is 0.262 e. The van der Waals surface area contributed by atoms with Crippen molar-refractivity contribution < 1.29 is 14.1 Å². The van der Waals surface area contributed by atoms with Crippen LogP contribution in [0.3, 0.4) is 0 Å². The highest BCUT2D eigenvalue weighted by atomic mass is 79.9. The van der Waals surface area contributed by atoms with E-state index in [2.05, 4.69) is 38.3 Å². The van der Waals surface area contributed by atoms with Crippen molar-refractivity contribution in [3.63, 3.8) is 0 Å². The monoisotopic (exact) mass is 429 g/mol. The Morgan fingerprint density at radius 2 is 1.96 bits per heavy atom. The van der Waals surface area contributed by atoms with Crippen LogP contribution in [0.15, 0.2) is 57.5 Å². The van der Waals surface area contributed by atoms with Gasteiger partial charge in [-0.25, -0.2) is 0 Å². The van der Waals surface area contributed by atoms with Crippen molar-refractivity contribution in [3.05, 3.63) is 58.9 Å². The van der Waals surface area contributed by atoms with Gasteiger partial charge < -0.3 is 14.6 Å². The van der Waals surface area contributed by atoms with Crippen LogP contribution < -0.4 is 10.1 Å². The Labute approximate surface area is 166 Å². The predicted octanol–water partition coefficient (Wildman–Crippen LogP) is 4.86. The van der Waals surface area contributed by atoms with Crippen molar-refractivity contribution in [2.45, 2.75) is 26.2 Å². The van der Waals surface area contributed by atoms with Crippen molar-refractivity contribution in [1.82, 2.24) is 10.1 Å². The molecule has 0 unspecified atom stereocenters. The number of carbonyl (C=O) groups is 1. The van der Waals surface area contributed by atoms with Crippen molar-refractivity contribution in [2.24, 2.45) is 0 Å². The average molecular weight is 430 g/mol. The Hall–Kier alpha value is -2.67. The SMILES string of the molecule is CCCCc1nc(-c2ccc(OCC(=O)Nc3ccccc3Br)cc2)no1.